The fourth-order valence-electron chi connectivity index (χ4n) is 4.18. The molecule has 4 rings (SSSR count). The van der Waals surface area contributed by atoms with Crippen LogP contribution in [-0.4, -0.2) is 30.8 Å². The first kappa shape index (κ1) is 23.0. The zero-order valence-corrected chi connectivity index (χ0v) is 19.7. The topological polar surface area (TPSA) is 104 Å². The largest absolute Gasteiger partial charge is 0.391 e. The SMILES string of the molecule is C[C@H](NCc1ccccc1NS(=O)(=O)c1ccc(-c2ccno2)s1)[C@H](O)C1CCCCC1. The molecule has 0 amide bonds. The molecule has 7 nitrogen and oxygen atoms in total. The summed E-state index contributed by atoms with van der Waals surface area (Å²) in [4.78, 5) is 0.698. The van der Waals surface area contributed by atoms with Gasteiger partial charge < -0.3 is 14.9 Å². The van der Waals surface area contributed by atoms with Crippen molar-refractivity contribution in [2.45, 2.75) is 61.9 Å². The minimum absolute atomic E-state index is 0.0791. The molecule has 0 spiro atoms. The summed E-state index contributed by atoms with van der Waals surface area (Å²) in [5, 5.41) is 17.8. The highest BCUT2D eigenvalue weighted by Crippen LogP contribution is 2.32. The van der Waals surface area contributed by atoms with Gasteiger partial charge in [-0.3, -0.25) is 4.72 Å². The Hall–Kier alpha value is -2.20. The maximum atomic E-state index is 13.0. The predicted molar refractivity (Wildman–Crippen MR) is 126 cm³/mol. The van der Waals surface area contributed by atoms with Crippen molar-refractivity contribution in [1.29, 1.82) is 0 Å². The summed E-state index contributed by atoms with van der Waals surface area (Å²) in [5.41, 5.74) is 1.35. The van der Waals surface area contributed by atoms with Gasteiger partial charge in [0.25, 0.3) is 10.0 Å². The van der Waals surface area contributed by atoms with Gasteiger partial charge in [0, 0.05) is 18.7 Å². The van der Waals surface area contributed by atoms with E-state index >= 15 is 0 Å². The van der Waals surface area contributed by atoms with Crippen LogP contribution in [0.5, 0.6) is 0 Å². The van der Waals surface area contributed by atoms with Crippen LogP contribution in [0.3, 0.4) is 0 Å². The van der Waals surface area contributed by atoms with E-state index in [4.69, 9.17) is 4.52 Å². The van der Waals surface area contributed by atoms with Crippen LogP contribution >= 0.6 is 11.3 Å². The zero-order valence-electron chi connectivity index (χ0n) is 18.0. The number of benzene rings is 1. The quantitative estimate of drug-likeness (QED) is 0.417. The van der Waals surface area contributed by atoms with E-state index in [0.717, 1.165) is 29.7 Å². The van der Waals surface area contributed by atoms with E-state index in [-0.39, 0.29) is 10.3 Å². The number of thiophene rings is 1. The Bertz CT molecular complexity index is 1110. The van der Waals surface area contributed by atoms with Gasteiger partial charge in [0.1, 0.15) is 4.21 Å². The second kappa shape index (κ2) is 10.2. The molecule has 3 N–H and O–H groups in total. The van der Waals surface area contributed by atoms with Gasteiger partial charge >= 0.3 is 0 Å². The van der Waals surface area contributed by atoms with Gasteiger partial charge in [-0.05, 0) is 49.4 Å². The number of nitrogens with zero attached hydrogens (tertiary/aromatic N) is 1. The standard InChI is InChI=1S/C23H29N3O4S2/c1-16(23(27)17-7-3-2-4-8-17)24-15-18-9-5-6-10-19(18)26-32(28,29)22-12-11-21(31-22)20-13-14-25-30-20/h5-6,9-14,16-17,23-24,26-27H,2-4,7-8,15H2,1H3/t16-,23-/m0/s1. The van der Waals surface area contributed by atoms with Gasteiger partial charge in [-0.1, -0.05) is 42.6 Å². The van der Waals surface area contributed by atoms with Gasteiger partial charge in [-0.15, -0.1) is 11.3 Å². The minimum atomic E-state index is -3.75. The number of aliphatic hydroxyl groups excluding tert-OH is 1. The van der Waals surface area contributed by atoms with Gasteiger partial charge in [-0.2, -0.15) is 0 Å². The van der Waals surface area contributed by atoms with Crippen LogP contribution in [0.2, 0.25) is 0 Å². The van der Waals surface area contributed by atoms with Crippen molar-refractivity contribution in [1.82, 2.24) is 10.5 Å². The molecule has 0 bridgehead atoms. The van der Waals surface area contributed by atoms with Crippen molar-refractivity contribution >= 4 is 27.0 Å². The second-order valence-corrected chi connectivity index (χ2v) is 11.3. The molecule has 2 heterocycles. The van der Waals surface area contributed by atoms with E-state index in [9.17, 15) is 13.5 Å². The van der Waals surface area contributed by atoms with Crippen LogP contribution in [0.15, 0.2) is 57.4 Å². The third kappa shape index (κ3) is 5.40. The zero-order chi connectivity index (χ0) is 22.6. The molecule has 9 heteroatoms. The molecule has 1 aliphatic rings. The molecule has 2 atom stereocenters. The maximum absolute atomic E-state index is 13.0. The predicted octanol–water partition coefficient (Wildman–Crippen LogP) is 4.62. The molecule has 1 fully saturated rings. The number of nitrogens with one attached hydrogen (secondary N) is 2. The summed E-state index contributed by atoms with van der Waals surface area (Å²) in [7, 11) is -3.75. The molecule has 0 saturated heterocycles. The lowest BCUT2D eigenvalue weighted by atomic mass is 9.83. The number of hydrogen-bond acceptors (Lipinski definition) is 7. The van der Waals surface area contributed by atoms with E-state index in [1.54, 1.807) is 30.3 Å². The molecule has 0 radical (unpaired) electrons. The van der Waals surface area contributed by atoms with Gasteiger partial charge in [-0.25, -0.2) is 8.42 Å². The van der Waals surface area contributed by atoms with Crippen molar-refractivity contribution in [3.63, 3.8) is 0 Å². The van der Waals surface area contributed by atoms with Crippen LogP contribution in [-0.2, 0) is 16.6 Å². The highest BCUT2D eigenvalue weighted by molar-refractivity contribution is 7.94. The lowest BCUT2D eigenvalue weighted by molar-refractivity contribution is 0.0551. The molecular formula is C23H29N3O4S2. The lowest BCUT2D eigenvalue weighted by Crippen LogP contribution is -2.42. The first-order chi connectivity index (χ1) is 15.4. The average molecular weight is 476 g/mol. The van der Waals surface area contributed by atoms with E-state index in [0.29, 0.717) is 28.8 Å². The number of aromatic nitrogens is 1. The summed E-state index contributed by atoms with van der Waals surface area (Å²) >= 11 is 1.13. The second-order valence-electron chi connectivity index (χ2n) is 8.32. The molecule has 172 valence electrons. The van der Waals surface area contributed by atoms with Gasteiger partial charge in [0.15, 0.2) is 5.76 Å². The Morgan fingerprint density at radius 3 is 2.69 bits per heavy atom. The molecule has 0 unspecified atom stereocenters. The van der Waals surface area contributed by atoms with Crippen LogP contribution in [0.1, 0.15) is 44.6 Å². The Kier molecular flexibility index (Phi) is 7.30. The summed E-state index contributed by atoms with van der Waals surface area (Å²) in [6.07, 6.45) is 6.88. The van der Waals surface area contributed by atoms with Crippen LogP contribution < -0.4 is 10.0 Å². The fourth-order valence-corrected chi connectivity index (χ4v) is 6.55. The monoisotopic (exact) mass is 475 g/mol. The Morgan fingerprint density at radius 1 is 1.16 bits per heavy atom. The van der Waals surface area contributed by atoms with Crippen LogP contribution in [0.25, 0.3) is 10.6 Å². The third-order valence-corrected chi connectivity index (χ3v) is 9.01. The highest BCUT2D eigenvalue weighted by Gasteiger charge is 2.26. The average Bonchev–Trinajstić information content (AvgIpc) is 3.50. The van der Waals surface area contributed by atoms with E-state index in [1.165, 1.54) is 25.5 Å². The van der Waals surface area contributed by atoms with Crippen LogP contribution in [0.4, 0.5) is 5.69 Å². The maximum Gasteiger partial charge on any atom is 0.271 e. The van der Waals surface area contributed by atoms with E-state index in [1.807, 2.05) is 19.1 Å². The summed E-state index contributed by atoms with van der Waals surface area (Å²) < 4.78 is 34.0. The smallest absolute Gasteiger partial charge is 0.271 e. The lowest BCUT2D eigenvalue weighted by Gasteiger charge is -2.31. The summed E-state index contributed by atoms with van der Waals surface area (Å²) in [5.74, 6) is 0.865. The summed E-state index contributed by atoms with van der Waals surface area (Å²) in [6, 6.07) is 12.2. The molecule has 3 aromatic rings. The minimum Gasteiger partial charge on any atom is -0.391 e. The Balaban J connectivity index is 1.42. The first-order valence-corrected chi connectivity index (χ1v) is 13.3. The fraction of sp³-hybridized carbons (Fsp3) is 0.435. The molecular weight excluding hydrogens is 446 g/mol. The first-order valence-electron chi connectivity index (χ1n) is 11.0. The Labute approximate surface area is 192 Å². The van der Waals surface area contributed by atoms with Crippen molar-refractivity contribution in [3.8, 4) is 10.6 Å². The molecule has 32 heavy (non-hydrogen) atoms. The number of anilines is 1. The van der Waals surface area contributed by atoms with Crippen molar-refractivity contribution in [3.05, 3.63) is 54.2 Å². The van der Waals surface area contributed by atoms with Crippen molar-refractivity contribution in [2.24, 2.45) is 5.92 Å². The molecule has 1 saturated carbocycles. The van der Waals surface area contributed by atoms with E-state index < -0.39 is 16.1 Å². The van der Waals surface area contributed by atoms with Crippen molar-refractivity contribution in [2.75, 3.05) is 4.72 Å². The third-order valence-electron chi connectivity index (χ3n) is 6.05. The van der Waals surface area contributed by atoms with Gasteiger partial charge in [0.2, 0.25) is 0 Å². The molecule has 2 aromatic heterocycles. The number of sulfonamides is 1. The number of hydrogen-bond donors (Lipinski definition) is 3. The number of para-hydroxylation sites is 1. The molecule has 1 aliphatic carbocycles. The number of aliphatic hydroxyl groups is 1. The Morgan fingerprint density at radius 2 is 1.94 bits per heavy atom. The van der Waals surface area contributed by atoms with Crippen LogP contribution in [0, 0.1) is 5.92 Å². The highest BCUT2D eigenvalue weighted by atomic mass is 32.2. The molecule has 1 aromatic carbocycles. The number of rotatable bonds is 9. The summed E-state index contributed by atoms with van der Waals surface area (Å²) in [6.45, 7) is 2.44. The van der Waals surface area contributed by atoms with Crippen molar-refractivity contribution < 1.29 is 18.0 Å². The molecule has 0 aliphatic heterocycles. The van der Waals surface area contributed by atoms with E-state index in [2.05, 4.69) is 15.2 Å². The van der Waals surface area contributed by atoms with Gasteiger partial charge in [0.05, 0.1) is 22.9 Å². The normalized spacial score (nSPS) is 17.2.